The molecule has 0 spiro atoms. The van der Waals surface area contributed by atoms with Gasteiger partial charge in [-0.05, 0) is 38.1 Å². The third-order valence-corrected chi connectivity index (χ3v) is 7.09. The van der Waals surface area contributed by atoms with Crippen molar-refractivity contribution in [1.82, 2.24) is 14.8 Å². The van der Waals surface area contributed by atoms with Gasteiger partial charge >= 0.3 is 0 Å². The topological polar surface area (TPSA) is 94.0 Å². The van der Waals surface area contributed by atoms with E-state index < -0.39 is 5.25 Å². The molecule has 7 nitrogen and oxygen atoms in total. The summed E-state index contributed by atoms with van der Waals surface area (Å²) in [5, 5.41) is 11.6. The Morgan fingerprint density at radius 2 is 1.57 bits per heavy atom. The predicted octanol–water partition coefficient (Wildman–Crippen LogP) is 4.69. The first kappa shape index (κ1) is 22.7. The van der Waals surface area contributed by atoms with Crippen molar-refractivity contribution < 1.29 is 14.4 Å². The molecule has 0 aliphatic heterocycles. The van der Waals surface area contributed by atoms with Gasteiger partial charge in [0.1, 0.15) is 0 Å². The summed E-state index contributed by atoms with van der Waals surface area (Å²) in [7, 11) is 1.87. The summed E-state index contributed by atoms with van der Waals surface area (Å²) in [6.07, 6.45) is 0. The zero-order valence-corrected chi connectivity index (χ0v) is 20.2. The van der Waals surface area contributed by atoms with Gasteiger partial charge < -0.3 is 9.88 Å². The first-order chi connectivity index (χ1) is 16.8. The fraction of sp³-hybridized carbons (Fsp3) is 0.148. The van der Waals surface area contributed by atoms with Crippen LogP contribution in [0.2, 0.25) is 0 Å². The van der Waals surface area contributed by atoms with E-state index in [0.29, 0.717) is 33.1 Å². The first-order valence-corrected chi connectivity index (χ1v) is 12.0. The average Bonchev–Trinajstić information content (AvgIpc) is 3.22. The summed E-state index contributed by atoms with van der Waals surface area (Å²) in [6.45, 7) is 3.80. The lowest BCUT2D eigenvalue weighted by Crippen LogP contribution is -2.24. The van der Waals surface area contributed by atoms with Crippen LogP contribution in [0.15, 0.2) is 71.9 Å². The van der Waals surface area contributed by atoms with E-state index in [1.165, 1.54) is 11.8 Å². The number of hydrogen-bond acceptors (Lipinski definition) is 6. The monoisotopic (exact) mass is 482 g/mol. The Labute approximate surface area is 206 Å². The van der Waals surface area contributed by atoms with E-state index in [2.05, 4.69) is 15.5 Å². The number of benzene rings is 3. The maximum Gasteiger partial charge on any atom is 0.237 e. The number of amides is 1. The fourth-order valence-corrected chi connectivity index (χ4v) is 4.90. The zero-order chi connectivity index (χ0) is 24.7. The smallest absolute Gasteiger partial charge is 0.237 e. The van der Waals surface area contributed by atoms with E-state index in [1.54, 1.807) is 49.4 Å². The van der Waals surface area contributed by atoms with Crippen LogP contribution in [0.5, 0.6) is 0 Å². The molecule has 5 rings (SSSR count). The lowest BCUT2D eigenvalue weighted by Gasteiger charge is -2.18. The highest BCUT2D eigenvalue weighted by Crippen LogP contribution is 2.30. The number of aryl methyl sites for hydroxylation is 1. The molecule has 0 saturated carbocycles. The standard InChI is InChI=1S/C27H22N4O3S/c1-15-7-6-8-17(13-15)25-29-30-27(31(25)3)35-16(2)26(34)28-18-11-12-21-22(14-18)24(33)20-10-5-4-9-19(20)23(21)32/h4-14,16H,1-3H3,(H,28,34)/t16-/m1/s1. The highest BCUT2D eigenvalue weighted by molar-refractivity contribution is 8.00. The molecule has 1 aliphatic carbocycles. The summed E-state index contributed by atoms with van der Waals surface area (Å²) in [5.41, 5.74) is 3.96. The SMILES string of the molecule is Cc1cccc(-c2nnc(S[C@H](C)C(=O)Nc3ccc4c(c3)C(=O)c3ccccc3C4=O)n2C)c1. The van der Waals surface area contributed by atoms with Gasteiger partial charge in [-0.15, -0.1) is 10.2 Å². The number of nitrogens with one attached hydrogen (secondary N) is 1. The van der Waals surface area contributed by atoms with Crippen LogP contribution in [0.4, 0.5) is 5.69 Å². The molecule has 4 aromatic rings. The molecule has 0 saturated heterocycles. The number of hydrogen-bond donors (Lipinski definition) is 1. The third-order valence-electron chi connectivity index (χ3n) is 5.96. The second kappa shape index (κ2) is 8.96. The van der Waals surface area contributed by atoms with Crippen LogP contribution in [0.25, 0.3) is 11.4 Å². The highest BCUT2D eigenvalue weighted by atomic mass is 32.2. The summed E-state index contributed by atoms with van der Waals surface area (Å²) < 4.78 is 1.86. The minimum atomic E-state index is -0.475. The molecule has 1 atom stereocenters. The highest BCUT2D eigenvalue weighted by Gasteiger charge is 2.29. The number of rotatable bonds is 5. The summed E-state index contributed by atoms with van der Waals surface area (Å²) in [5.74, 6) is 0.0622. The maximum atomic E-state index is 13.0. The molecular weight excluding hydrogens is 460 g/mol. The summed E-state index contributed by atoms with van der Waals surface area (Å²) >= 11 is 1.29. The molecule has 0 fully saturated rings. The lowest BCUT2D eigenvalue weighted by atomic mass is 9.84. The number of fused-ring (bicyclic) bond motifs is 2. The van der Waals surface area contributed by atoms with E-state index in [-0.39, 0.29) is 17.5 Å². The number of thioether (sulfide) groups is 1. The van der Waals surface area contributed by atoms with Crippen molar-refractivity contribution in [2.24, 2.45) is 7.05 Å². The molecule has 8 heteroatoms. The molecule has 1 heterocycles. The Hall–Kier alpha value is -4.04. The number of anilines is 1. The number of carbonyl (C=O) groups excluding carboxylic acids is 3. The van der Waals surface area contributed by atoms with Crippen LogP contribution < -0.4 is 5.32 Å². The Balaban J connectivity index is 1.32. The quantitative estimate of drug-likeness (QED) is 0.366. The van der Waals surface area contributed by atoms with Crippen LogP contribution in [0, 0.1) is 6.92 Å². The van der Waals surface area contributed by atoms with E-state index in [1.807, 2.05) is 42.8 Å². The van der Waals surface area contributed by atoms with Crippen LogP contribution in [-0.4, -0.2) is 37.5 Å². The number of ketones is 2. The molecule has 1 aliphatic rings. The van der Waals surface area contributed by atoms with Gasteiger partial charge in [-0.3, -0.25) is 14.4 Å². The zero-order valence-electron chi connectivity index (χ0n) is 19.4. The van der Waals surface area contributed by atoms with E-state index >= 15 is 0 Å². The molecule has 1 amide bonds. The third kappa shape index (κ3) is 4.17. The van der Waals surface area contributed by atoms with Crippen molar-refractivity contribution >= 4 is 34.9 Å². The van der Waals surface area contributed by atoms with Gasteiger partial charge in [0, 0.05) is 40.6 Å². The fourth-order valence-electron chi connectivity index (χ4n) is 4.09. The van der Waals surface area contributed by atoms with Gasteiger partial charge in [-0.1, -0.05) is 59.8 Å². The van der Waals surface area contributed by atoms with Gasteiger partial charge in [0.25, 0.3) is 0 Å². The Bertz CT molecular complexity index is 1510. The summed E-state index contributed by atoms with van der Waals surface area (Å²) in [6, 6.07) is 19.6. The number of carbonyl (C=O) groups is 3. The maximum absolute atomic E-state index is 13.0. The van der Waals surface area contributed by atoms with Gasteiger partial charge in [-0.25, -0.2) is 0 Å². The second-order valence-corrected chi connectivity index (χ2v) is 9.76. The van der Waals surface area contributed by atoms with Crippen LogP contribution in [0.1, 0.15) is 44.3 Å². The minimum absolute atomic E-state index is 0.191. The molecule has 35 heavy (non-hydrogen) atoms. The Morgan fingerprint density at radius 1 is 0.886 bits per heavy atom. The van der Waals surface area contributed by atoms with Gasteiger partial charge in [0.2, 0.25) is 5.91 Å². The molecular formula is C27H22N4O3S. The molecule has 1 N–H and O–H groups in total. The van der Waals surface area contributed by atoms with Gasteiger partial charge in [-0.2, -0.15) is 0 Å². The largest absolute Gasteiger partial charge is 0.325 e. The van der Waals surface area contributed by atoms with Crippen molar-refractivity contribution in [3.63, 3.8) is 0 Å². The lowest BCUT2D eigenvalue weighted by molar-refractivity contribution is -0.115. The Kier molecular flexibility index (Phi) is 5.82. The molecule has 1 aromatic heterocycles. The number of aromatic nitrogens is 3. The molecule has 0 unspecified atom stereocenters. The first-order valence-electron chi connectivity index (χ1n) is 11.1. The molecule has 0 bridgehead atoms. The van der Waals surface area contributed by atoms with E-state index in [0.717, 1.165) is 17.0 Å². The normalized spacial score (nSPS) is 13.2. The molecule has 0 radical (unpaired) electrons. The van der Waals surface area contributed by atoms with Crippen LogP contribution in [-0.2, 0) is 11.8 Å². The van der Waals surface area contributed by atoms with Gasteiger partial charge in [0.15, 0.2) is 22.5 Å². The average molecular weight is 483 g/mol. The van der Waals surface area contributed by atoms with Crippen molar-refractivity contribution in [2.45, 2.75) is 24.3 Å². The van der Waals surface area contributed by atoms with Crippen LogP contribution >= 0.6 is 11.8 Å². The van der Waals surface area contributed by atoms with Crippen molar-refractivity contribution in [3.8, 4) is 11.4 Å². The van der Waals surface area contributed by atoms with Crippen LogP contribution in [0.3, 0.4) is 0 Å². The van der Waals surface area contributed by atoms with Crippen molar-refractivity contribution in [1.29, 1.82) is 0 Å². The van der Waals surface area contributed by atoms with Crippen molar-refractivity contribution in [2.75, 3.05) is 5.32 Å². The van der Waals surface area contributed by atoms with E-state index in [4.69, 9.17) is 0 Å². The Morgan fingerprint density at radius 3 is 2.29 bits per heavy atom. The minimum Gasteiger partial charge on any atom is -0.325 e. The van der Waals surface area contributed by atoms with E-state index in [9.17, 15) is 14.4 Å². The summed E-state index contributed by atoms with van der Waals surface area (Å²) in [4.78, 5) is 38.7. The van der Waals surface area contributed by atoms with Crippen molar-refractivity contribution in [3.05, 3.63) is 94.5 Å². The predicted molar refractivity (Wildman–Crippen MR) is 135 cm³/mol. The molecule has 3 aromatic carbocycles. The molecule has 174 valence electrons. The second-order valence-electron chi connectivity index (χ2n) is 8.45. The van der Waals surface area contributed by atoms with Gasteiger partial charge in [0.05, 0.1) is 5.25 Å². The number of nitrogens with zero attached hydrogens (tertiary/aromatic N) is 3.